The summed E-state index contributed by atoms with van der Waals surface area (Å²) in [5.74, 6) is 0.204. The highest BCUT2D eigenvalue weighted by molar-refractivity contribution is 6.04. The van der Waals surface area contributed by atoms with Crippen LogP contribution in [0.15, 0.2) is 30.4 Å². The van der Waals surface area contributed by atoms with Crippen LogP contribution in [0.1, 0.15) is 17.3 Å². The summed E-state index contributed by atoms with van der Waals surface area (Å²) in [7, 11) is 1.46. The highest BCUT2D eigenvalue weighted by atomic mass is 16.5. The Bertz CT molecular complexity index is 367. The number of hydrogen-bond acceptors (Lipinski definition) is 3. The summed E-state index contributed by atoms with van der Waals surface area (Å²) in [5.41, 5.74) is 0.446. The molecule has 0 aromatic heterocycles. The van der Waals surface area contributed by atoms with E-state index in [0.717, 1.165) is 0 Å². The topological polar surface area (TPSA) is 46.5 Å². The van der Waals surface area contributed by atoms with Crippen molar-refractivity contribution in [1.82, 2.24) is 0 Å². The van der Waals surface area contributed by atoms with Gasteiger partial charge in [0.2, 0.25) is 0 Å². The first-order valence-electron chi connectivity index (χ1n) is 4.23. The minimum absolute atomic E-state index is 0.0251. The molecule has 0 radical (unpaired) electrons. The molecule has 0 saturated carbocycles. The summed E-state index contributed by atoms with van der Waals surface area (Å²) in [6, 6.07) is 4.56. The van der Waals surface area contributed by atoms with Gasteiger partial charge in [0.05, 0.1) is 7.11 Å². The monoisotopic (exact) mass is 192 g/mol. The Morgan fingerprint density at radius 1 is 1.50 bits per heavy atom. The number of phenolic OH excluding ortho intramolecular Hbond substituents is 1. The average molecular weight is 192 g/mol. The number of ether oxygens (including phenoxy) is 1. The standard InChI is InChI=1S/C11H12O3/c1-3-4-9(12)8-5-6-11(14-2)10(13)7-8/h3-7,13H,1-2H3. The number of aromatic hydroxyl groups is 1. The molecule has 3 nitrogen and oxygen atoms in total. The highest BCUT2D eigenvalue weighted by Crippen LogP contribution is 2.26. The third-order valence-electron chi connectivity index (χ3n) is 1.78. The van der Waals surface area contributed by atoms with Crippen LogP contribution in [0, 0.1) is 0 Å². The fourth-order valence-electron chi connectivity index (χ4n) is 1.09. The maximum absolute atomic E-state index is 11.4. The van der Waals surface area contributed by atoms with E-state index in [9.17, 15) is 9.90 Å². The van der Waals surface area contributed by atoms with Crippen molar-refractivity contribution in [3.8, 4) is 11.5 Å². The molecule has 1 aromatic carbocycles. The summed E-state index contributed by atoms with van der Waals surface area (Å²) in [5, 5.41) is 9.41. The van der Waals surface area contributed by atoms with Crippen molar-refractivity contribution in [3.05, 3.63) is 35.9 Å². The summed E-state index contributed by atoms with van der Waals surface area (Å²) in [6.07, 6.45) is 3.10. The van der Waals surface area contributed by atoms with E-state index in [2.05, 4.69) is 0 Å². The van der Waals surface area contributed by atoms with Gasteiger partial charge in [-0.15, -0.1) is 0 Å². The number of hydrogen-bond donors (Lipinski definition) is 1. The summed E-state index contributed by atoms with van der Waals surface area (Å²) >= 11 is 0. The van der Waals surface area contributed by atoms with Gasteiger partial charge in [-0.1, -0.05) is 6.08 Å². The average Bonchev–Trinajstić information content (AvgIpc) is 2.18. The Morgan fingerprint density at radius 3 is 2.71 bits per heavy atom. The molecule has 3 heteroatoms. The maximum atomic E-state index is 11.4. The number of carbonyl (C=O) groups excluding carboxylic acids is 1. The van der Waals surface area contributed by atoms with Crippen molar-refractivity contribution in [2.24, 2.45) is 0 Å². The van der Waals surface area contributed by atoms with Crippen molar-refractivity contribution in [2.45, 2.75) is 6.92 Å². The molecule has 0 atom stereocenters. The number of methoxy groups -OCH3 is 1. The minimum Gasteiger partial charge on any atom is -0.504 e. The second-order valence-electron chi connectivity index (χ2n) is 2.75. The van der Waals surface area contributed by atoms with Gasteiger partial charge in [0.15, 0.2) is 17.3 Å². The van der Waals surface area contributed by atoms with Gasteiger partial charge < -0.3 is 9.84 Å². The molecule has 0 spiro atoms. The Kier molecular flexibility index (Phi) is 3.29. The fourth-order valence-corrected chi connectivity index (χ4v) is 1.09. The summed E-state index contributed by atoms with van der Waals surface area (Å²) in [6.45, 7) is 1.77. The predicted molar refractivity (Wildman–Crippen MR) is 53.8 cm³/mol. The molecule has 1 N–H and O–H groups in total. The zero-order chi connectivity index (χ0) is 10.6. The zero-order valence-corrected chi connectivity index (χ0v) is 8.15. The van der Waals surface area contributed by atoms with Crippen molar-refractivity contribution in [2.75, 3.05) is 7.11 Å². The van der Waals surface area contributed by atoms with E-state index in [4.69, 9.17) is 4.74 Å². The highest BCUT2D eigenvalue weighted by Gasteiger charge is 2.06. The third-order valence-corrected chi connectivity index (χ3v) is 1.78. The van der Waals surface area contributed by atoms with E-state index in [1.54, 1.807) is 25.1 Å². The Balaban J connectivity index is 3.02. The van der Waals surface area contributed by atoms with Gasteiger partial charge in [0.1, 0.15) is 0 Å². The number of ketones is 1. The van der Waals surface area contributed by atoms with Crippen LogP contribution in [0.4, 0.5) is 0 Å². The lowest BCUT2D eigenvalue weighted by atomic mass is 10.1. The van der Waals surface area contributed by atoms with Crippen LogP contribution in [0.3, 0.4) is 0 Å². The second-order valence-corrected chi connectivity index (χ2v) is 2.75. The van der Waals surface area contributed by atoms with Crippen molar-refractivity contribution >= 4 is 5.78 Å². The van der Waals surface area contributed by atoms with Gasteiger partial charge in [-0.3, -0.25) is 4.79 Å². The number of carbonyl (C=O) groups is 1. The van der Waals surface area contributed by atoms with E-state index in [-0.39, 0.29) is 11.5 Å². The Morgan fingerprint density at radius 2 is 2.21 bits per heavy atom. The lowest BCUT2D eigenvalue weighted by Gasteiger charge is -2.03. The van der Waals surface area contributed by atoms with Gasteiger partial charge in [0, 0.05) is 5.56 Å². The van der Waals surface area contributed by atoms with Gasteiger partial charge >= 0.3 is 0 Å². The SMILES string of the molecule is CC=CC(=O)c1ccc(OC)c(O)c1. The molecule has 0 heterocycles. The molecular formula is C11H12O3. The van der Waals surface area contributed by atoms with E-state index in [1.807, 2.05) is 0 Å². The van der Waals surface area contributed by atoms with Crippen LogP contribution < -0.4 is 4.74 Å². The molecule has 0 fully saturated rings. The van der Waals surface area contributed by atoms with E-state index in [0.29, 0.717) is 11.3 Å². The lowest BCUT2D eigenvalue weighted by Crippen LogP contribution is -1.94. The fraction of sp³-hybridized carbons (Fsp3) is 0.182. The van der Waals surface area contributed by atoms with Crippen LogP contribution in [-0.4, -0.2) is 18.0 Å². The van der Waals surface area contributed by atoms with Gasteiger partial charge in [-0.2, -0.15) is 0 Å². The molecule has 0 unspecified atom stereocenters. The Hall–Kier alpha value is -1.77. The van der Waals surface area contributed by atoms with E-state index < -0.39 is 0 Å². The molecule has 0 amide bonds. The normalized spacial score (nSPS) is 10.4. The van der Waals surface area contributed by atoms with Gasteiger partial charge in [0.25, 0.3) is 0 Å². The second kappa shape index (κ2) is 4.46. The maximum Gasteiger partial charge on any atom is 0.185 e. The van der Waals surface area contributed by atoms with Crippen molar-refractivity contribution < 1.29 is 14.6 Å². The van der Waals surface area contributed by atoms with Crippen LogP contribution in [0.5, 0.6) is 11.5 Å². The van der Waals surface area contributed by atoms with E-state index in [1.165, 1.54) is 19.3 Å². The van der Waals surface area contributed by atoms with E-state index >= 15 is 0 Å². The molecule has 0 aliphatic heterocycles. The molecule has 74 valence electrons. The number of rotatable bonds is 3. The van der Waals surface area contributed by atoms with Crippen LogP contribution >= 0.6 is 0 Å². The zero-order valence-electron chi connectivity index (χ0n) is 8.15. The summed E-state index contributed by atoms with van der Waals surface area (Å²) in [4.78, 5) is 11.4. The van der Waals surface area contributed by atoms with Crippen LogP contribution in [0.25, 0.3) is 0 Å². The molecule has 1 aromatic rings. The van der Waals surface area contributed by atoms with Crippen molar-refractivity contribution in [1.29, 1.82) is 0 Å². The van der Waals surface area contributed by atoms with Gasteiger partial charge in [-0.05, 0) is 31.2 Å². The first-order chi connectivity index (χ1) is 6.69. The number of allylic oxidation sites excluding steroid dienone is 2. The third kappa shape index (κ3) is 2.13. The first kappa shape index (κ1) is 10.3. The lowest BCUT2D eigenvalue weighted by molar-refractivity contribution is 0.104. The molecule has 1 rings (SSSR count). The molecule has 0 aliphatic carbocycles. The molecule has 14 heavy (non-hydrogen) atoms. The smallest absolute Gasteiger partial charge is 0.185 e. The quantitative estimate of drug-likeness (QED) is 0.589. The molecule has 0 aliphatic rings. The largest absolute Gasteiger partial charge is 0.504 e. The molecule has 0 saturated heterocycles. The van der Waals surface area contributed by atoms with Gasteiger partial charge in [-0.25, -0.2) is 0 Å². The predicted octanol–water partition coefficient (Wildman–Crippen LogP) is 2.16. The molecular weight excluding hydrogens is 180 g/mol. The Labute approximate surface area is 82.6 Å². The molecule has 0 bridgehead atoms. The summed E-state index contributed by atoms with van der Waals surface area (Å²) < 4.78 is 4.86. The first-order valence-corrected chi connectivity index (χ1v) is 4.23. The minimum atomic E-state index is -0.134. The van der Waals surface area contributed by atoms with Crippen LogP contribution in [-0.2, 0) is 0 Å². The number of benzene rings is 1. The number of phenols is 1. The van der Waals surface area contributed by atoms with Crippen LogP contribution in [0.2, 0.25) is 0 Å². The van der Waals surface area contributed by atoms with Crippen molar-refractivity contribution in [3.63, 3.8) is 0 Å².